The number of benzene rings is 2. The van der Waals surface area contributed by atoms with Crippen molar-refractivity contribution in [3.63, 3.8) is 0 Å². The molecule has 98 valence electrons. The monoisotopic (exact) mass is 277 g/mol. The summed E-state index contributed by atoms with van der Waals surface area (Å²) in [5.74, 6) is 0.000143. The summed E-state index contributed by atoms with van der Waals surface area (Å²) < 4.78 is 5.06. The number of amides is 1. The lowest BCUT2D eigenvalue weighted by Crippen LogP contribution is -2.12. The van der Waals surface area contributed by atoms with Crippen LogP contribution in [0.25, 0.3) is 0 Å². The van der Waals surface area contributed by atoms with Crippen LogP contribution < -0.4 is 10.1 Å². The van der Waals surface area contributed by atoms with Gasteiger partial charge in [0.2, 0.25) is 0 Å². The van der Waals surface area contributed by atoms with Gasteiger partial charge in [-0.15, -0.1) is 0 Å². The zero-order chi connectivity index (χ0) is 13.8. The minimum Gasteiger partial charge on any atom is -0.507 e. The number of aromatic hydroxyl groups is 1. The Bertz CT molecular complexity index is 613. The number of carbonyl (C=O) groups excluding carboxylic acids is 1. The third-order valence-electron chi connectivity index (χ3n) is 2.56. The highest BCUT2D eigenvalue weighted by atomic mass is 35.5. The third-order valence-corrected chi connectivity index (χ3v) is 2.87. The first-order valence-electron chi connectivity index (χ1n) is 5.54. The number of phenols is 1. The van der Waals surface area contributed by atoms with E-state index in [-0.39, 0.29) is 11.3 Å². The summed E-state index contributed by atoms with van der Waals surface area (Å²) in [5, 5.41) is 12.7. The maximum Gasteiger partial charge on any atom is 0.259 e. The standard InChI is InChI=1S/C14H12ClNO3/c1-19-13-8-9(6-7-11(13)15)16-14(18)10-4-2-3-5-12(10)17/h2-8,17H,1H3,(H,16,18). The molecule has 0 heterocycles. The van der Waals surface area contributed by atoms with Gasteiger partial charge in [-0.2, -0.15) is 0 Å². The average molecular weight is 278 g/mol. The van der Waals surface area contributed by atoms with Gasteiger partial charge in [0, 0.05) is 11.8 Å². The quantitative estimate of drug-likeness (QED) is 0.905. The van der Waals surface area contributed by atoms with E-state index in [2.05, 4.69) is 5.32 Å². The normalized spacial score (nSPS) is 10.0. The molecular formula is C14H12ClNO3. The number of hydrogen-bond acceptors (Lipinski definition) is 3. The average Bonchev–Trinajstić information content (AvgIpc) is 2.41. The van der Waals surface area contributed by atoms with Gasteiger partial charge in [0.15, 0.2) is 0 Å². The van der Waals surface area contributed by atoms with Crippen LogP contribution in [0.2, 0.25) is 5.02 Å². The molecule has 0 saturated carbocycles. The molecule has 1 amide bonds. The van der Waals surface area contributed by atoms with E-state index < -0.39 is 5.91 Å². The van der Waals surface area contributed by atoms with Crippen LogP contribution in [-0.2, 0) is 0 Å². The van der Waals surface area contributed by atoms with Gasteiger partial charge < -0.3 is 15.2 Å². The number of carbonyl (C=O) groups is 1. The number of rotatable bonds is 3. The maximum absolute atomic E-state index is 12.0. The van der Waals surface area contributed by atoms with Gasteiger partial charge in [0.25, 0.3) is 5.91 Å². The van der Waals surface area contributed by atoms with Crippen molar-refractivity contribution in [1.82, 2.24) is 0 Å². The van der Waals surface area contributed by atoms with Crippen LogP contribution in [0.1, 0.15) is 10.4 Å². The summed E-state index contributed by atoms with van der Waals surface area (Å²) in [6.07, 6.45) is 0. The van der Waals surface area contributed by atoms with Gasteiger partial charge in [-0.25, -0.2) is 0 Å². The molecule has 0 aliphatic heterocycles. The Balaban J connectivity index is 2.22. The number of hydrogen-bond donors (Lipinski definition) is 2. The summed E-state index contributed by atoms with van der Waals surface area (Å²) in [4.78, 5) is 12.0. The SMILES string of the molecule is COc1cc(NC(=O)c2ccccc2O)ccc1Cl. The van der Waals surface area contributed by atoms with Gasteiger partial charge in [-0.05, 0) is 24.3 Å². The van der Waals surface area contributed by atoms with E-state index in [1.54, 1.807) is 30.3 Å². The summed E-state index contributed by atoms with van der Waals surface area (Å²) in [6, 6.07) is 11.2. The van der Waals surface area contributed by atoms with Crippen LogP contribution in [0.4, 0.5) is 5.69 Å². The van der Waals surface area contributed by atoms with E-state index in [0.717, 1.165) is 0 Å². The van der Waals surface area contributed by atoms with Crippen molar-refractivity contribution in [3.05, 3.63) is 53.1 Å². The fraction of sp³-hybridized carbons (Fsp3) is 0.0714. The van der Waals surface area contributed by atoms with Crippen molar-refractivity contribution in [1.29, 1.82) is 0 Å². The molecule has 2 aromatic rings. The molecule has 2 N–H and O–H groups in total. The van der Waals surface area contributed by atoms with Crippen molar-refractivity contribution in [2.75, 3.05) is 12.4 Å². The molecule has 4 nitrogen and oxygen atoms in total. The molecular weight excluding hydrogens is 266 g/mol. The van der Waals surface area contributed by atoms with E-state index in [1.807, 2.05) is 0 Å². The predicted molar refractivity (Wildman–Crippen MR) is 74.1 cm³/mol. The highest BCUT2D eigenvalue weighted by Crippen LogP contribution is 2.28. The zero-order valence-electron chi connectivity index (χ0n) is 10.2. The van der Waals surface area contributed by atoms with Gasteiger partial charge in [-0.1, -0.05) is 23.7 Å². The van der Waals surface area contributed by atoms with Crippen molar-refractivity contribution in [2.45, 2.75) is 0 Å². The molecule has 2 rings (SSSR count). The molecule has 2 aromatic carbocycles. The molecule has 0 unspecified atom stereocenters. The maximum atomic E-state index is 12.0. The number of nitrogens with one attached hydrogen (secondary N) is 1. The minimum atomic E-state index is -0.400. The largest absolute Gasteiger partial charge is 0.507 e. The van der Waals surface area contributed by atoms with Gasteiger partial charge in [0.05, 0.1) is 17.7 Å². The molecule has 0 aliphatic carbocycles. The van der Waals surface area contributed by atoms with Crippen LogP contribution in [0.5, 0.6) is 11.5 Å². The zero-order valence-corrected chi connectivity index (χ0v) is 10.9. The van der Waals surface area contributed by atoms with E-state index in [4.69, 9.17) is 16.3 Å². The first-order valence-corrected chi connectivity index (χ1v) is 5.92. The molecule has 0 fully saturated rings. The summed E-state index contributed by atoms with van der Waals surface area (Å²) in [5.41, 5.74) is 0.742. The van der Waals surface area contributed by atoms with E-state index in [0.29, 0.717) is 16.5 Å². The second kappa shape index (κ2) is 5.63. The molecule has 19 heavy (non-hydrogen) atoms. The Morgan fingerprint density at radius 2 is 2.00 bits per heavy atom. The van der Waals surface area contributed by atoms with Crippen molar-refractivity contribution < 1.29 is 14.6 Å². The smallest absolute Gasteiger partial charge is 0.259 e. The minimum absolute atomic E-state index is 0.0686. The van der Waals surface area contributed by atoms with Gasteiger partial charge in [-0.3, -0.25) is 4.79 Å². The lowest BCUT2D eigenvalue weighted by atomic mass is 10.2. The first kappa shape index (κ1) is 13.2. The third kappa shape index (κ3) is 2.98. The fourth-order valence-electron chi connectivity index (χ4n) is 1.60. The molecule has 5 heteroatoms. The van der Waals surface area contributed by atoms with Crippen LogP contribution in [-0.4, -0.2) is 18.1 Å². The fourth-order valence-corrected chi connectivity index (χ4v) is 1.80. The molecule has 0 spiro atoms. The number of phenolic OH excluding ortho intramolecular Hbond substituents is 1. The highest BCUT2D eigenvalue weighted by Gasteiger charge is 2.11. The van der Waals surface area contributed by atoms with Crippen LogP contribution in [0.15, 0.2) is 42.5 Å². The second-order valence-corrected chi connectivity index (χ2v) is 4.23. The predicted octanol–water partition coefficient (Wildman–Crippen LogP) is 3.31. The van der Waals surface area contributed by atoms with Crippen molar-refractivity contribution >= 4 is 23.2 Å². The Morgan fingerprint density at radius 3 is 2.68 bits per heavy atom. The van der Waals surface area contributed by atoms with Crippen LogP contribution in [0, 0.1) is 0 Å². The Morgan fingerprint density at radius 1 is 1.26 bits per heavy atom. The number of methoxy groups -OCH3 is 1. The van der Waals surface area contributed by atoms with Gasteiger partial charge in [0.1, 0.15) is 11.5 Å². The summed E-state index contributed by atoms with van der Waals surface area (Å²) in [7, 11) is 1.50. The molecule has 0 aliphatic rings. The second-order valence-electron chi connectivity index (χ2n) is 3.82. The molecule has 0 saturated heterocycles. The lowest BCUT2D eigenvalue weighted by molar-refractivity contribution is 0.102. The number of ether oxygens (including phenoxy) is 1. The molecule has 0 bridgehead atoms. The Hall–Kier alpha value is -2.20. The summed E-state index contributed by atoms with van der Waals surface area (Å²) in [6.45, 7) is 0. The Labute approximate surface area is 115 Å². The highest BCUT2D eigenvalue weighted by molar-refractivity contribution is 6.32. The summed E-state index contributed by atoms with van der Waals surface area (Å²) >= 11 is 5.90. The lowest BCUT2D eigenvalue weighted by Gasteiger charge is -2.09. The van der Waals surface area contributed by atoms with E-state index in [9.17, 15) is 9.90 Å². The molecule has 0 aromatic heterocycles. The number of anilines is 1. The van der Waals surface area contributed by atoms with Gasteiger partial charge >= 0.3 is 0 Å². The molecule has 0 atom stereocenters. The van der Waals surface area contributed by atoms with Crippen molar-refractivity contribution in [3.8, 4) is 11.5 Å². The van der Waals surface area contributed by atoms with E-state index >= 15 is 0 Å². The van der Waals surface area contributed by atoms with Crippen molar-refractivity contribution in [2.24, 2.45) is 0 Å². The first-order chi connectivity index (χ1) is 9.11. The number of halogens is 1. The van der Waals surface area contributed by atoms with E-state index in [1.165, 1.54) is 19.2 Å². The number of para-hydroxylation sites is 1. The van der Waals surface area contributed by atoms with Crippen LogP contribution >= 0.6 is 11.6 Å². The molecule has 0 radical (unpaired) electrons. The topological polar surface area (TPSA) is 58.6 Å². The Kier molecular flexibility index (Phi) is 3.92. The van der Waals surface area contributed by atoms with Crippen LogP contribution in [0.3, 0.4) is 0 Å².